The molecule has 0 amide bonds. The quantitative estimate of drug-likeness (QED) is 0.358. The van der Waals surface area contributed by atoms with Crippen LogP contribution in [-0.2, 0) is 0 Å². The van der Waals surface area contributed by atoms with Gasteiger partial charge in [0.25, 0.3) is 5.88 Å². The van der Waals surface area contributed by atoms with Crippen LogP contribution in [0, 0.1) is 5.82 Å². The molecule has 0 aliphatic rings. The number of hydrazine groups is 1. The van der Waals surface area contributed by atoms with E-state index in [-0.39, 0.29) is 5.56 Å². The maximum Gasteiger partial charge on any atom is 0.425 e. The van der Waals surface area contributed by atoms with Gasteiger partial charge in [-0.2, -0.15) is 13.2 Å². The molecule has 0 fully saturated rings. The molecule has 24 heavy (non-hydrogen) atoms. The summed E-state index contributed by atoms with van der Waals surface area (Å²) in [7, 11) is 1.55. The van der Waals surface area contributed by atoms with Gasteiger partial charge in [-0.3, -0.25) is 0 Å². The standard InChI is InChI=1S/C15H18F4N4O/c1-4-10(5-12(7-20)23(3)21)11-6-13(16)14(22-8-11)24-9(2)15(17,18)19/h4-9H,1,20-21H2,2-3H3/b10-5+,12-7-. The van der Waals surface area contributed by atoms with Crippen LogP contribution >= 0.6 is 0 Å². The smallest absolute Gasteiger partial charge is 0.425 e. The third-order valence-corrected chi connectivity index (χ3v) is 2.99. The fourth-order valence-electron chi connectivity index (χ4n) is 1.59. The van der Waals surface area contributed by atoms with Crippen molar-refractivity contribution in [2.45, 2.75) is 19.2 Å². The van der Waals surface area contributed by atoms with E-state index in [9.17, 15) is 17.6 Å². The largest absolute Gasteiger partial charge is 0.463 e. The summed E-state index contributed by atoms with van der Waals surface area (Å²) in [5.74, 6) is 3.80. The molecule has 132 valence electrons. The molecule has 0 aliphatic carbocycles. The second kappa shape index (κ2) is 7.82. The highest BCUT2D eigenvalue weighted by molar-refractivity contribution is 5.75. The van der Waals surface area contributed by atoms with Crippen molar-refractivity contribution >= 4 is 5.57 Å². The van der Waals surface area contributed by atoms with Crippen molar-refractivity contribution in [3.05, 3.63) is 54.3 Å². The van der Waals surface area contributed by atoms with Crippen molar-refractivity contribution < 1.29 is 22.3 Å². The van der Waals surface area contributed by atoms with Gasteiger partial charge < -0.3 is 15.5 Å². The van der Waals surface area contributed by atoms with Gasteiger partial charge in [-0.25, -0.2) is 15.2 Å². The van der Waals surface area contributed by atoms with Crippen LogP contribution in [0.4, 0.5) is 17.6 Å². The number of nitrogens with two attached hydrogens (primary N) is 2. The maximum atomic E-state index is 14.0. The zero-order valence-corrected chi connectivity index (χ0v) is 13.1. The Morgan fingerprint density at radius 3 is 2.50 bits per heavy atom. The molecule has 1 heterocycles. The number of hydrogen-bond donors (Lipinski definition) is 2. The summed E-state index contributed by atoms with van der Waals surface area (Å²) in [4.78, 5) is 3.60. The first kappa shape index (κ1) is 19.5. The molecule has 1 aromatic heterocycles. The highest BCUT2D eigenvalue weighted by Crippen LogP contribution is 2.27. The summed E-state index contributed by atoms with van der Waals surface area (Å²) in [6, 6.07) is 0.990. The molecule has 1 rings (SSSR count). The van der Waals surface area contributed by atoms with Gasteiger partial charge in [0.1, 0.15) is 0 Å². The van der Waals surface area contributed by atoms with E-state index in [1.807, 2.05) is 0 Å². The predicted molar refractivity (Wildman–Crippen MR) is 82.7 cm³/mol. The van der Waals surface area contributed by atoms with E-state index < -0.39 is 24.0 Å². The molecule has 0 aliphatic heterocycles. The lowest BCUT2D eigenvalue weighted by Crippen LogP contribution is -2.31. The summed E-state index contributed by atoms with van der Waals surface area (Å²) in [5.41, 5.74) is 6.53. The van der Waals surface area contributed by atoms with Gasteiger partial charge in [-0.15, -0.1) is 0 Å². The number of pyridine rings is 1. The van der Waals surface area contributed by atoms with Gasteiger partial charge in [-0.05, 0) is 24.6 Å². The van der Waals surface area contributed by atoms with E-state index in [1.54, 1.807) is 7.05 Å². The van der Waals surface area contributed by atoms with Crippen molar-refractivity contribution in [2.75, 3.05) is 7.05 Å². The molecule has 1 unspecified atom stereocenters. The van der Waals surface area contributed by atoms with Crippen molar-refractivity contribution in [1.29, 1.82) is 0 Å². The minimum Gasteiger partial charge on any atom is -0.463 e. The Morgan fingerprint density at radius 2 is 2.08 bits per heavy atom. The zero-order valence-electron chi connectivity index (χ0n) is 13.1. The molecule has 5 nitrogen and oxygen atoms in total. The van der Waals surface area contributed by atoms with Crippen molar-refractivity contribution in [1.82, 2.24) is 9.99 Å². The molecule has 0 saturated heterocycles. The number of allylic oxidation sites excluding steroid dienone is 3. The van der Waals surface area contributed by atoms with Crippen LogP contribution in [0.2, 0.25) is 0 Å². The van der Waals surface area contributed by atoms with Crippen molar-refractivity contribution in [2.24, 2.45) is 11.6 Å². The highest BCUT2D eigenvalue weighted by Gasteiger charge is 2.38. The summed E-state index contributed by atoms with van der Waals surface area (Å²) in [6.45, 7) is 4.35. The molecule has 1 atom stereocenters. The van der Waals surface area contributed by atoms with E-state index in [2.05, 4.69) is 16.3 Å². The number of halogens is 4. The number of hydrogen-bond acceptors (Lipinski definition) is 5. The van der Waals surface area contributed by atoms with Crippen LogP contribution < -0.4 is 16.3 Å². The first-order chi connectivity index (χ1) is 11.1. The molecular weight excluding hydrogens is 328 g/mol. The third kappa shape index (κ3) is 4.98. The molecule has 0 aromatic carbocycles. The van der Waals surface area contributed by atoms with E-state index in [4.69, 9.17) is 11.6 Å². The summed E-state index contributed by atoms with van der Waals surface area (Å²) < 4.78 is 55.8. The van der Waals surface area contributed by atoms with Crippen molar-refractivity contribution in [3.63, 3.8) is 0 Å². The molecule has 1 aromatic rings. The average molecular weight is 346 g/mol. The van der Waals surface area contributed by atoms with Crippen LogP contribution in [0.15, 0.2) is 42.9 Å². The predicted octanol–water partition coefficient (Wildman–Crippen LogP) is 2.73. The average Bonchev–Trinajstić information content (AvgIpc) is 2.49. The lowest BCUT2D eigenvalue weighted by Gasteiger charge is -2.17. The normalized spacial score (nSPS) is 14.3. The van der Waals surface area contributed by atoms with Gasteiger partial charge in [-0.1, -0.05) is 12.7 Å². The number of rotatable bonds is 6. The molecule has 0 radical (unpaired) electrons. The first-order valence-electron chi connectivity index (χ1n) is 6.73. The Morgan fingerprint density at radius 1 is 1.46 bits per heavy atom. The Balaban J connectivity index is 3.13. The number of alkyl halides is 3. The maximum absolute atomic E-state index is 14.0. The number of aromatic nitrogens is 1. The fourth-order valence-corrected chi connectivity index (χ4v) is 1.59. The topological polar surface area (TPSA) is 77.4 Å². The van der Waals surface area contributed by atoms with Crippen LogP contribution in [0.1, 0.15) is 12.5 Å². The van der Waals surface area contributed by atoms with Crippen LogP contribution in [-0.4, -0.2) is 29.3 Å². The Hall–Kier alpha value is -2.55. The molecule has 0 bridgehead atoms. The number of nitrogens with zero attached hydrogens (tertiary/aromatic N) is 2. The number of likely N-dealkylation sites (N-methyl/N-ethyl adjacent to an activating group) is 1. The van der Waals surface area contributed by atoms with E-state index in [1.165, 1.54) is 29.6 Å². The lowest BCUT2D eigenvalue weighted by atomic mass is 10.1. The van der Waals surface area contributed by atoms with Crippen molar-refractivity contribution in [3.8, 4) is 5.88 Å². The van der Waals surface area contributed by atoms with E-state index in [0.29, 0.717) is 11.3 Å². The summed E-state index contributed by atoms with van der Waals surface area (Å²) in [6.07, 6.45) is -1.48. The fraction of sp³-hybridized carbons (Fsp3) is 0.267. The second-order valence-electron chi connectivity index (χ2n) is 4.82. The monoisotopic (exact) mass is 346 g/mol. The molecular formula is C15H18F4N4O. The van der Waals surface area contributed by atoms with Gasteiger partial charge in [0.05, 0.1) is 5.70 Å². The molecule has 0 spiro atoms. The second-order valence-corrected chi connectivity index (χ2v) is 4.82. The zero-order chi connectivity index (χ0) is 18.5. The first-order valence-corrected chi connectivity index (χ1v) is 6.73. The molecule has 4 N–H and O–H groups in total. The van der Waals surface area contributed by atoms with Crippen LogP contribution in [0.3, 0.4) is 0 Å². The van der Waals surface area contributed by atoms with Gasteiger partial charge in [0.15, 0.2) is 11.9 Å². The Labute approximate surface area is 136 Å². The summed E-state index contributed by atoms with van der Waals surface area (Å²) >= 11 is 0. The van der Waals surface area contributed by atoms with Gasteiger partial charge >= 0.3 is 6.18 Å². The Kier molecular flexibility index (Phi) is 6.35. The van der Waals surface area contributed by atoms with Gasteiger partial charge in [0, 0.05) is 25.0 Å². The minimum absolute atomic E-state index is 0.274. The minimum atomic E-state index is -4.62. The summed E-state index contributed by atoms with van der Waals surface area (Å²) in [5, 5.41) is 1.23. The Bertz CT molecular complexity index is 653. The van der Waals surface area contributed by atoms with Crippen LogP contribution in [0.5, 0.6) is 5.88 Å². The SMILES string of the molecule is C=C/C(=C\C(=C\N)N(C)N)c1cnc(OC(C)C(F)(F)F)c(F)c1. The highest BCUT2D eigenvalue weighted by atomic mass is 19.4. The molecule has 0 saturated carbocycles. The number of ether oxygens (including phenoxy) is 1. The lowest BCUT2D eigenvalue weighted by molar-refractivity contribution is -0.190. The van der Waals surface area contributed by atoms with E-state index >= 15 is 0 Å². The van der Waals surface area contributed by atoms with Crippen LogP contribution in [0.25, 0.3) is 5.57 Å². The van der Waals surface area contributed by atoms with Gasteiger partial charge in [0.2, 0.25) is 0 Å². The third-order valence-electron chi connectivity index (χ3n) is 2.99. The molecule has 9 heteroatoms. The van der Waals surface area contributed by atoms with E-state index in [0.717, 1.165) is 13.0 Å².